The Morgan fingerprint density at radius 1 is 0.960 bits per heavy atom. The third kappa shape index (κ3) is 5.31. The highest BCUT2D eigenvalue weighted by Crippen LogP contribution is 2.41. The Bertz CT molecular complexity index is 710. The van der Waals surface area contributed by atoms with Gasteiger partial charge in [0.2, 0.25) is 0 Å². The van der Waals surface area contributed by atoms with Gasteiger partial charge in [-0.2, -0.15) is 10.5 Å². The molecule has 0 aromatic carbocycles. The molecule has 0 bridgehead atoms. The van der Waals surface area contributed by atoms with Gasteiger partial charge in [0.1, 0.15) is 17.7 Å². The van der Waals surface area contributed by atoms with E-state index in [1.54, 1.807) is 4.08 Å². The molecule has 6 heteroatoms. The Hall–Kier alpha value is -0.860. The Morgan fingerprint density at radius 2 is 1.48 bits per heavy atom. The fourth-order valence-electron chi connectivity index (χ4n) is 4.10. The highest BCUT2D eigenvalue weighted by Gasteiger charge is 2.36. The summed E-state index contributed by atoms with van der Waals surface area (Å²) < 4.78 is 27.4. The van der Waals surface area contributed by atoms with Crippen molar-refractivity contribution in [3.05, 3.63) is 20.1 Å². The Kier molecular flexibility index (Phi) is 7.96. The van der Waals surface area contributed by atoms with Gasteiger partial charge in [-0.3, -0.25) is 0 Å². The van der Waals surface area contributed by atoms with Crippen LogP contribution in [0.5, 0.6) is 0 Å². The average Bonchev–Trinajstić information content (AvgIpc) is 2.71. The van der Waals surface area contributed by atoms with Gasteiger partial charge in [-0.1, -0.05) is 67.5 Å². The van der Waals surface area contributed by atoms with Gasteiger partial charge >= 0.3 is 0 Å². The number of allylic oxidation sites excluding steroid dienone is 2. The second-order valence-corrected chi connectivity index (χ2v) is 9.73. The predicted molar refractivity (Wildman–Crippen MR) is 107 cm³/mol. The highest BCUT2D eigenvalue weighted by atomic mass is 127. The van der Waals surface area contributed by atoms with Gasteiger partial charge in [0, 0.05) is 0 Å². The molecule has 1 heterocycles. The Labute approximate surface area is 165 Å². The molecule has 0 radical (unpaired) electrons. The normalized spacial score (nSPS) is 29.4. The van der Waals surface area contributed by atoms with E-state index >= 15 is 0 Å². The first-order valence-electron chi connectivity index (χ1n) is 9.10. The number of hydrogen-bond acceptors (Lipinski definition) is 4. The maximum Gasteiger partial charge on any atom is 0.179 e. The summed E-state index contributed by atoms with van der Waals surface area (Å²) in [5, 5.41) is 18.6. The van der Waals surface area contributed by atoms with Crippen molar-refractivity contribution >= 4 is 32.4 Å². The molecule has 2 fully saturated rings. The summed E-state index contributed by atoms with van der Waals surface area (Å²) >= 11 is 1.92. The molecule has 1 aliphatic carbocycles. The Morgan fingerprint density at radius 3 is 2.00 bits per heavy atom. The molecule has 1 aliphatic heterocycles. The molecule has 4 nitrogen and oxygen atoms in total. The molecule has 0 aromatic heterocycles. The molecule has 2 atom stereocenters. The summed E-state index contributed by atoms with van der Waals surface area (Å²) in [5.41, 5.74) is 0.406. The Balaban J connectivity index is 2.45. The number of hydrogen-bond donors (Lipinski definition) is 0. The van der Waals surface area contributed by atoms with E-state index in [9.17, 15) is 18.9 Å². The van der Waals surface area contributed by atoms with E-state index in [0.717, 1.165) is 25.7 Å². The monoisotopic (exact) mass is 472 g/mol. The zero-order chi connectivity index (χ0) is 18.3. The van der Waals surface area contributed by atoms with Gasteiger partial charge in [0.25, 0.3) is 0 Å². The number of rotatable bonds is 0. The minimum absolute atomic E-state index is 0.0403. The standard InChI is InChI=1S/C19H25IN2O2S/c20-11-19-18(17(12-21)13-22)10-15-8-6-4-2-1-3-5-7-9-16(15)14-25(19,23)24/h11,15-16H,1-10,14H2/b19-11-. The average molecular weight is 472 g/mol. The maximum absolute atomic E-state index is 12.9. The van der Waals surface area contributed by atoms with Crippen LogP contribution < -0.4 is 0 Å². The van der Waals surface area contributed by atoms with Crippen LogP contribution >= 0.6 is 22.6 Å². The predicted octanol–water partition coefficient (Wildman–Crippen LogP) is 5.18. The molecule has 0 amide bonds. The van der Waals surface area contributed by atoms with Crippen LogP contribution in [0.3, 0.4) is 0 Å². The first kappa shape index (κ1) is 20.5. The van der Waals surface area contributed by atoms with E-state index in [4.69, 9.17) is 0 Å². The van der Waals surface area contributed by atoms with Crippen molar-refractivity contribution < 1.29 is 8.42 Å². The third-order valence-electron chi connectivity index (χ3n) is 5.47. The lowest BCUT2D eigenvalue weighted by atomic mass is 9.80. The number of nitriles is 2. The van der Waals surface area contributed by atoms with Crippen molar-refractivity contribution in [2.75, 3.05) is 5.75 Å². The topological polar surface area (TPSA) is 81.7 Å². The van der Waals surface area contributed by atoms with Crippen LogP contribution in [0.1, 0.15) is 64.2 Å². The van der Waals surface area contributed by atoms with E-state index in [-0.39, 0.29) is 28.1 Å². The molecule has 2 rings (SSSR count). The van der Waals surface area contributed by atoms with Gasteiger partial charge in [-0.05, 0) is 40.8 Å². The lowest BCUT2D eigenvalue weighted by Gasteiger charge is -2.24. The van der Waals surface area contributed by atoms with Crippen LogP contribution in [0, 0.1) is 34.5 Å². The summed E-state index contributed by atoms with van der Waals surface area (Å²) in [6.07, 6.45) is 10.7. The van der Waals surface area contributed by atoms with Crippen molar-refractivity contribution in [2.24, 2.45) is 11.8 Å². The van der Waals surface area contributed by atoms with E-state index in [1.807, 2.05) is 34.7 Å². The van der Waals surface area contributed by atoms with Crippen molar-refractivity contribution in [2.45, 2.75) is 64.2 Å². The minimum Gasteiger partial charge on any atom is -0.224 e. The fourth-order valence-corrected chi connectivity index (χ4v) is 7.51. The first-order valence-corrected chi connectivity index (χ1v) is 12.0. The second kappa shape index (κ2) is 9.73. The minimum atomic E-state index is -3.46. The maximum atomic E-state index is 12.9. The van der Waals surface area contributed by atoms with E-state index < -0.39 is 9.84 Å². The highest BCUT2D eigenvalue weighted by molar-refractivity contribution is 14.1. The van der Waals surface area contributed by atoms with Crippen LogP contribution in [0.25, 0.3) is 0 Å². The van der Waals surface area contributed by atoms with Gasteiger partial charge in [-0.25, -0.2) is 8.42 Å². The van der Waals surface area contributed by atoms with E-state index in [1.165, 1.54) is 32.1 Å². The number of sulfone groups is 1. The van der Waals surface area contributed by atoms with Crippen LogP contribution in [0.2, 0.25) is 0 Å². The molecule has 136 valence electrons. The van der Waals surface area contributed by atoms with Gasteiger partial charge in [0.15, 0.2) is 9.84 Å². The number of nitrogens with zero attached hydrogens (tertiary/aromatic N) is 2. The largest absolute Gasteiger partial charge is 0.224 e. The molecule has 2 unspecified atom stereocenters. The molecule has 2 aliphatic rings. The van der Waals surface area contributed by atoms with Crippen LogP contribution in [-0.4, -0.2) is 14.2 Å². The molecule has 0 N–H and O–H groups in total. The molecular weight excluding hydrogens is 447 g/mol. The molecular formula is C19H25IN2O2S. The summed E-state index contributed by atoms with van der Waals surface area (Å²) in [6, 6.07) is 3.83. The second-order valence-electron chi connectivity index (χ2n) is 7.11. The van der Waals surface area contributed by atoms with Crippen LogP contribution in [0.15, 0.2) is 20.1 Å². The van der Waals surface area contributed by atoms with Crippen molar-refractivity contribution in [3.8, 4) is 12.1 Å². The molecule has 0 spiro atoms. The third-order valence-corrected chi connectivity index (χ3v) is 8.42. The smallest absolute Gasteiger partial charge is 0.179 e. The van der Waals surface area contributed by atoms with Crippen LogP contribution in [-0.2, 0) is 9.84 Å². The first-order chi connectivity index (χ1) is 12.0. The quantitative estimate of drug-likeness (QED) is 0.359. The summed E-state index contributed by atoms with van der Waals surface area (Å²) in [6.45, 7) is 0. The molecule has 1 saturated carbocycles. The van der Waals surface area contributed by atoms with Gasteiger partial charge in [-0.15, -0.1) is 0 Å². The number of fused-ring (bicyclic) bond motifs is 1. The lowest BCUT2D eigenvalue weighted by molar-refractivity contribution is 0.308. The number of halogens is 1. The van der Waals surface area contributed by atoms with Crippen molar-refractivity contribution in [1.82, 2.24) is 0 Å². The lowest BCUT2D eigenvalue weighted by Crippen LogP contribution is -2.21. The zero-order valence-electron chi connectivity index (χ0n) is 14.5. The fraction of sp³-hybridized carbons (Fsp3) is 0.684. The van der Waals surface area contributed by atoms with E-state index in [2.05, 4.69) is 0 Å². The summed E-state index contributed by atoms with van der Waals surface area (Å²) in [5.74, 6) is 0.527. The summed E-state index contributed by atoms with van der Waals surface area (Å²) in [7, 11) is -3.46. The molecule has 25 heavy (non-hydrogen) atoms. The van der Waals surface area contributed by atoms with E-state index in [0.29, 0.717) is 12.0 Å². The SMILES string of the molecule is N#CC(C#N)=C1CC2CCCCCCCCCC2CS(=O)(=O)/C1=C\I. The van der Waals surface area contributed by atoms with Gasteiger partial charge in [0.05, 0.1) is 10.7 Å². The summed E-state index contributed by atoms with van der Waals surface area (Å²) in [4.78, 5) is 0.200. The van der Waals surface area contributed by atoms with Crippen molar-refractivity contribution in [3.63, 3.8) is 0 Å². The van der Waals surface area contributed by atoms with Crippen LogP contribution in [0.4, 0.5) is 0 Å². The zero-order valence-corrected chi connectivity index (χ0v) is 17.5. The van der Waals surface area contributed by atoms with Crippen molar-refractivity contribution in [1.29, 1.82) is 10.5 Å². The molecule has 0 aromatic rings. The molecule has 1 saturated heterocycles. The van der Waals surface area contributed by atoms with Gasteiger partial charge < -0.3 is 0 Å².